The van der Waals surface area contributed by atoms with Crippen LogP contribution in [0.1, 0.15) is 29.8 Å². The molecule has 0 aromatic carbocycles. The molecule has 0 bridgehead atoms. The number of nitrogens with zero attached hydrogens (tertiary/aromatic N) is 4. The van der Waals surface area contributed by atoms with Crippen LogP contribution >= 0.6 is 36.2 Å². The van der Waals surface area contributed by atoms with Gasteiger partial charge in [0, 0.05) is 30.9 Å². The van der Waals surface area contributed by atoms with E-state index in [9.17, 15) is 4.79 Å². The number of carbonyl (C=O) groups excluding carboxylic acids is 1. The van der Waals surface area contributed by atoms with Crippen LogP contribution in [0.3, 0.4) is 0 Å². The number of aromatic nitrogens is 3. The van der Waals surface area contributed by atoms with E-state index in [0.29, 0.717) is 11.4 Å². The zero-order valence-corrected chi connectivity index (χ0v) is 16.5. The van der Waals surface area contributed by atoms with Crippen molar-refractivity contribution in [1.82, 2.24) is 25.2 Å². The van der Waals surface area contributed by atoms with Crippen LogP contribution in [-0.2, 0) is 0 Å². The molecule has 2 aromatic rings. The summed E-state index contributed by atoms with van der Waals surface area (Å²) in [5, 5.41) is 5.75. The molecule has 0 aliphatic carbocycles. The number of hydrogen-bond acceptors (Lipinski definition) is 6. The first-order chi connectivity index (χ1) is 11.3. The number of halogens is 2. The third-order valence-corrected chi connectivity index (χ3v) is 5.07. The molecule has 1 aliphatic heterocycles. The minimum atomic E-state index is 0. The van der Waals surface area contributed by atoms with Gasteiger partial charge < -0.3 is 10.2 Å². The lowest BCUT2D eigenvalue weighted by molar-refractivity contribution is 0.0682. The minimum Gasteiger partial charge on any atom is -0.337 e. The molecule has 138 valence electrons. The number of likely N-dealkylation sites (tertiary alicyclic amines) is 1. The first-order valence-electron chi connectivity index (χ1n) is 7.93. The predicted octanol–water partition coefficient (Wildman–Crippen LogP) is 2.91. The fraction of sp³-hybridized carbons (Fsp3) is 0.500. The lowest BCUT2D eigenvalue weighted by Gasteiger charge is -2.31. The summed E-state index contributed by atoms with van der Waals surface area (Å²) < 4.78 is 0. The van der Waals surface area contributed by atoms with Crippen molar-refractivity contribution in [2.24, 2.45) is 5.92 Å². The summed E-state index contributed by atoms with van der Waals surface area (Å²) in [7, 11) is 1.98. The molecule has 0 radical (unpaired) electrons. The zero-order valence-electron chi connectivity index (χ0n) is 14.1. The van der Waals surface area contributed by atoms with Crippen LogP contribution in [0.5, 0.6) is 0 Å². The van der Waals surface area contributed by atoms with Crippen LogP contribution < -0.4 is 5.32 Å². The highest BCUT2D eigenvalue weighted by molar-refractivity contribution is 7.13. The first kappa shape index (κ1) is 21.8. The van der Waals surface area contributed by atoms with Crippen LogP contribution in [0.4, 0.5) is 0 Å². The van der Waals surface area contributed by atoms with E-state index in [0.717, 1.165) is 43.4 Å². The van der Waals surface area contributed by atoms with Gasteiger partial charge in [-0.3, -0.25) is 14.8 Å². The van der Waals surface area contributed by atoms with E-state index in [1.165, 1.54) is 17.8 Å². The number of amides is 1. The Bertz CT molecular complexity index is 647. The average molecular weight is 404 g/mol. The SMILES string of the molecule is CNCCC1CCN(C(=O)c2csc(-c3cnccn3)n2)CC1.Cl.Cl. The van der Waals surface area contributed by atoms with Crippen LogP contribution in [0.15, 0.2) is 24.0 Å². The summed E-state index contributed by atoms with van der Waals surface area (Å²) in [6, 6.07) is 0. The zero-order chi connectivity index (χ0) is 16.1. The Balaban J connectivity index is 0.00000156. The maximum absolute atomic E-state index is 12.6. The largest absolute Gasteiger partial charge is 0.337 e. The van der Waals surface area contributed by atoms with Crippen molar-refractivity contribution < 1.29 is 4.79 Å². The number of hydrogen-bond donors (Lipinski definition) is 1. The molecule has 1 amide bonds. The van der Waals surface area contributed by atoms with Crippen LogP contribution in [0, 0.1) is 5.92 Å². The van der Waals surface area contributed by atoms with Gasteiger partial charge >= 0.3 is 0 Å². The Hall–Kier alpha value is -1.28. The van der Waals surface area contributed by atoms with Gasteiger partial charge in [0.2, 0.25) is 0 Å². The van der Waals surface area contributed by atoms with Gasteiger partial charge in [-0.05, 0) is 38.8 Å². The van der Waals surface area contributed by atoms with E-state index < -0.39 is 0 Å². The van der Waals surface area contributed by atoms with Gasteiger partial charge in [0.15, 0.2) is 0 Å². The normalized spacial score (nSPS) is 14.5. The van der Waals surface area contributed by atoms with Gasteiger partial charge in [-0.15, -0.1) is 36.2 Å². The summed E-state index contributed by atoms with van der Waals surface area (Å²) in [6.07, 6.45) is 8.27. The summed E-state index contributed by atoms with van der Waals surface area (Å²) in [5.74, 6) is 0.751. The molecule has 0 spiro atoms. The minimum absolute atomic E-state index is 0. The summed E-state index contributed by atoms with van der Waals surface area (Å²) in [6.45, 7) is 2.70. The smallest absolute Gasteiger partial charge is 0.273 e. The maximum Gasteiger partial charge on any atom is 0.273 e. The molecular formula is C16H23Cl2N5OS. The lowest BCUT2D eigenvalue weighted by atomic mass is 9.93. The second-order valence-corrected chi connectivity index (χ2v) is 6.61. The van der Waals surface area contributed by atoms with E-state index in [4.69, 9.17) is 0 Å². The molecular weight excluding hydrogens is 381 g/mol. The Morgan fingerprint density at radius 3 is 2.72 bits per heavy atom. The Labute approximate surface area is 164 Å². The van der Waals surface area contributed by atoms with Crippen molar-refractivity contribution in [1.29, 1.82) is 0 Å². The van der Waals surface area contributed by atoms with Crippen molar-refractivity contribution in [3.63, 3.8) is 0 Å². The highest BCUT2D eigenvalue weighted by Gasteiger charge is 2.25. The quantitative estimate of drug-likeness (QED) is 0.830. The van der Waals surface area contributed by atoms with Gasteiger partial charge in [-0.2, -0.15) is 0 Å². The van der Waals surface area contributed by atoms with Crippen LogP contribution in [-0.4, -0.2) is 52.4 Å². The second-order valence-electron chi connectivity index (χ2n) is 5.76. The van der Waals surface area contributed by atoms with Crippen molar-refractivity contribution in [2.75, 3.05) is 26.7 Å². The predicted molar refractivity (Wildman–Crippen MR) is 105 cm³/mol. The van der Waals surface area contributed by atoms with Crippen molar-refractivity contribution >= 4 is 42.1 Å². The van der Waals surface area contributed by atoms with Gasteiger partial charge in [-0.1, -0.05) is 0 Å². The average Bonchev–Trinajstić information content (AvgIpc) is 3.11. The third kappa shape index (κ3) is 5.60. The van der Waals surface area contributed by atoms with Crippen molar-refractivity contribution in [3.05, 3.63) is 29.7 Å². The van der Waals surface area contributed by atoms with Gasteiger partial charge in [0.1, 0.15) is 16.4 Å². The fourth-order valence-corrected chi connectivity index (χ4v) is 3.59. The fourth-order valence-electron chi connectivity index (χ4n) is 2.83. The lowest BCUT2D eigenvalue weighted by Crippen LogP contribution is -2.39. The number of rotatable bonds is 5. The molecule has 9 heteroatoms. The van der Waals surface area contributed by atoms with Crippen molar-refractivity contribution in [2.45, 2.75) is 19.3 Å². The molecule has 6 nitrogen and oxygen atoms in total. The number of carbonyl (C=O) groups is 1. The highest BCUT2D eigenvalue weighted by Crippen LogP contribution is 2.24. The second kappa shape index (κ2) is 10.7. The molecule has 0 atom stereocenters. The van der Waals surface area contributed by atoms with E-state index in [1.807, 2.05) is 17.3 Å². The number of piperidine rings is 1. The highest BCUT2D eigenvalue weighted by atomic mass is 35.5. The summed E-state index contributed by atoms with van der Waals surface area (Å²) in [4.78, 5) is 27.2. The monoisotopic (exact) mass is 403 g/mol. The first-order valence-corrected chi connectivity index (χ1v) is 8.81. The molecule has 3 rings (SSSR count). The third-order valence-electron chi connectivity index (χ3n) is 4.21. The van der Waals surface area contributed by atoms with E-state index in [-0.39, 0.29) is 30.7 Å². The standard InChI is InChI=1S/C16H21N5OS.2ClH/c1-17-5-2-12-3-8-21(9-4-12)16(22)14-11-23-15(20-14)13-10-18-6-7-19-13;;/h6-7,10-12,17H,2-5,8-9H2,1H3;2*1H. The molecule has 1 saturated heterocycles. The van der Waals surface area contributed by atoms with Gasteiger partial charge in [0.05, 0.1) is 6.20 Å². The molecule has 1 N–H and O–H groups in total. The van der Waals surface area contributed by atoms with Gasteiger partial charge in [0.25, 0.3) is 5.91 Å². The molecule has 25 heavy (non-hydrogen) atoms. The molecule has 1 aliphatic rings. The van der Waals surface area contributed by atoms with E-state index in [2.05, 4.69) is 20.3 Å². The molecule has 0 saturated carbocycles. The molecule has 0 unspecified atom stereocenters. The molecule has 2 aromatic heterocycles. The van der Waals surface area contributed by atoms with E-state index in [1.54, 1.807) is 18.6 Å². The number of nitrogens with one attached hydrogen (secondary N) is 1. The van der Waals surface area contributed by atoms with Crippen LogP contribution in [0.25, 0.3) is 10.7 Å². The van der Waals surface area contributed by atoms with E-state index >= 15 is 0 Å². The molecule has 3 heterocycles. The Morgan fingerprint density at radius 2 is 2.08 bits per heavy atom. The van der Waals surface area contributed by atoms with Crippen LogP contribution in [0.2, 0.25) is 0 Å². The summed E-state index contributed by atoms with van der Waals surface area (Å²) >= 11 is 1.44. The topological polar surface area (TPSA) is 71.0 Å². The summed E-state index contributed by atoms with van der Waals surface area (Å²) in [5.41, 5.74) is 1.23. The molecule has 1 fully saturated rings. The maximum atomic E-state index is 12.6. The Morgan fingerprint density at radius 1 is 1.32 bits per heavy atom. The Kier molecular flexibility index (Phi) is 9.27. The van der Waals surface area contributed by atoms with Gasteiger partial charge in [-0.25, -0.2) is 4.98 Å². The van der Waals surface area contributed by atoms with Crippen molar-refractivity contribution in [3.8, 4) is 10.7 Å². The number of thiazole rings is 1.